The third kappa shape index (κ3) is 3.96. The molecule has 0 heterocycles. The quantitative estimate of drug-likeness (QED) is 0.735. The number of rotatable bonds is 4. The summed E-state index contributed by atoms with van der Waals surface area (Å²) in [6.45, 7) is 2.21. The van der Waals surface area contributed by atoms with Crippen LogP contribution in [0.4, 0.5) is 10.5 Å². The largest absolute Gasteiger partial charge is 0.363 e. The summed E-state index contributed by atoms with van der Waals surface area (Å²) in [5, 5.41) is 4.59. The number of imide groups is 1. The Morgan fingerprint density at radius 1 is 1.32 bits per heavy atom. The highest BCUT2D eigenvalue weighted by molar-refractivity contribution is 5.98. The molecule has 0 spiro atoms. The lowest BCUT2D eigenvalue weighted by atomic mass is 10.1. The fourth-order valence-corrected chi connectivity index (χ4v) is 1.55. The number of carbonyl (C=O) groups is 2. The summed E-state index contributed by atoms with van der Waals surface area (Å²) >= 11 is 0. The van der Waals surface area contributed by atoms with E-state index >= 15 is 0 Å². The highest BCUT2D eigenvalue weighted by atomic mass is 16.2. The zero-order valence-corrected chi connectivity index (χ0v) is 11.4. The molecular formula is C13H20N4O2. The van der Waals surface area contributed by atoms with Gasteiger partial charge in [-0.15, -0.1) is 0 Å². The summed E-state index contributed by atoms with van der Waals surface area (Å²) in [7, 11) is 3.26. The van der Waals surface area contributed by atoms with Crippen molar-refractivity contribution in [3.63, 3.8) is 0 Å². The first kappa shape index (κ1) is 15.0. The van der Waals surface area contributed by atoms with E-state index < -0.39 is 12.1 Å². The lowest BCUT2D eigenvalue weighted by Crippen LogP contribution is -2.48. The van der Waals surface area contributed by atoms with Crippen molar-refractivity contribution in [2.75, 3.05) is 19.0 Å². The molecule has 0 aromatic heterocycles. The average Bonchev–Trinajstić information content (AvgIpc) is 2.45. The molecule has 1 atom stereocenters. The first-order valence-corrected chi connectivity index (χ1v) is 6.04. The standard InChI is InChI=1S/C13H20N4O2/c1-9(12(18)16-13(19)15-2)17(3)11-6-4-10(8-14)5-7-11/h4-7,9H,8,14H2,1-3H3,(H2,15,16,18,19). The minimum absolute atomic E-state index is 0.357. The average molecular weight is 264 g/mol. The number of hydrogen-bond donors (Lipinski definition) is 3. The zero-order valence-electron chi connectivity index (χ0n) is 11.4. The Balaban J connectivity index is 2.72. The molecule has 0 aliphatic heterocycles. The van der Waals surface area contributed by atoms with Crippen LogP contribution in [0.25, 0.3) is 0 Å². The number of nitrogens with two attached hydrogens (primary N) is 1. The Hall–Kier alpha value is -2.08. The number of nitrogens with one attached hydrogen (secondary N) is 2. The van der Waals surface area contributed by atoms with Crippen LogP contribution >= 0.6 is 0 Å². The van der Waals surface area contributed by atoms with Crippen molar-refractivity contribution in [2.45, 2.75) is 19.5 Å². The Morgan fingerprint density at radius 2 is 1.89 bits per heavy atom. The SMILES string of the molecule is CNC(=O)NC(=O)C(C)N(C)c1ccc(CN)cc1. The summed E-state index contributed by atoms with van der Waals surface area (Å²) < 4.78 is 0. The van der Waals surface area contributed by atoms with E-state index in [-0.39, 0.29) is 5.91 Å². The van der Waals surface area contributed by atoms with E-state index in [2.05, 4.69) is 10.6 Å². The Kier molecular flexibility index (Phi) is 5.32. The fraction of sp³-hybridized carbons (Fsp3) is 0.385. The minimum atomic E-state index is -0.510. The van der Waals surface area contributed by atoms with Gasteiger partial charge in [-0.2, -0.15) is 0 Å². The summed E-state index contributed by atoms with van der Waals surface area (Å²) in [4.78, 5) is 24.7. The summed E-state index contributed by atoms with van der Waals surface area (Å²) in [6, 6.07) is 6.65. The maximum absolute atomic E-state index is 11.8. The molecule has 1 aromatic rings. The zero-order chi connectivity index (χ0) is 14.4. The molecule has 1 rings (SSSR count). The van der Waals surface area contributed by atoms with Gasteiger partial charge in [0.25, 0.3) is 0 Å². The number of amides is 3. The number of carbonyl (C=O) groups excluding carboxylic acids is 2. The van der Waals surface area contributed by atoms with Crippen molar-refractivity contribution >= 4 is 17.6 Å². The number of nitrogens with zero attached hydrogens (tertiary/aromatic N) is 1. The van der Waals surface area contributed by atoms with Gasteiger partial charge in [0, 0.05) is 26.3 Å². The molecule has 0 aliphatic carbocycles. The number of benzene rings is 1. The summed E-state index contributed by atoms with van der Waals surface area (Å²) in [5.41, 5.74) is 7.45. The van der Waals surface area contributed by atoms with Gasteiger partial charge in [0.2, 0.25) is 5.91 Å². The van der Waals surface area contributed by atoms with Gasteiger partial charge in [-0.1, -0.05) is 12.1 Å². The Bertz CT molecular complexity index is 444. The van der Waals surface area contributed by atoms with Gasteiger partial charge in [0.15, 0.2) is 0 Å². The van der Waals surface area contributed by atoms with Crippen LogP contribution in [0.2, 0.25) is 0 Å². The van der Waals surface area contributed by atoms with E-state index in [0.717, 1.165) is 11.3 Å². The summed E-state index contributed by atoms with van der Waals surface area (Å²) in [6.07, 6.45) is 0. The Morgan fingerprint density at radius 3 is 2.37 bits per heavy atom. The molecule has 104 valence electrons. The maximum Gasteiger partial charge on any atom is 0.321 e. The molecule has 19 heavy (non-hydrogen) atoms. The van der Waals surface area contributed by atoms with Crippen LogP contribution in [0.3, 0.4) is 0 Å². The molecule has 0 aliphatic rings. The highest BCUT2D eigenvalue weighted by Crippen LogP contribution is 2.16. The third-order valence-electron chi connectivity index (χ3n) is 3.00. The van der Waals surface area contributed by atoms with Crippen molar-refractivity contribution in [2.24, 2.45) is 5.73 Å². The lowest BCUT2D eigenvalue weighted by Gasteiger charge is -2.25. The van der Waals surface area contributed by atoms with Gasteiger partial charge in [0.1, 0.15) is 6.04 Å². The second-order valence-electron chi connectivity index (χ2n) is 4.23. The molecule has 0 radical (unpaired) electrons. The molecule has 3 amide bonds. The normalized spacial score (nSPS) is 11.6. The number of anilines is 1. The molecule has 0 bridgehead atoms. The number of likely N-dealkylation sites (N-methyl/N-ethyl adjacent to an activating group) is 1. The van der Waals surface area contributed by atoms with Crippen LogP contribution in [0, 0.1) is 0 Å². The van der Waals surface area contributed by atoms with Gasteiger partial charge >= 0.3 is 6.03 Å². The van der Waals surface area contributed by atoms with E-state index in [1.54, 1.807) is 18.9 Å². The Labute approximate surface area is 113 Å². The molecular weight excluding hydrogens is 244 g/mol. The van der Waals surface area contributed by atoms with Crippen molar-refractivity contribution in [3.8, 4) is 0 Å². The van der Waals surface area contributed by atoms with Crippen LogP contribution in [0.15, 0.2) is 24.3 Å². The van der Waals surface area contributed by atoms with Crippen LogP contribution in [0.1, 0.15) is 12.5 Å². The molecule has 0 saturated heterocycles. The molecule has 0 fully saturated rings. The molecule has 1 unspecified atom stereocenters. The van der Waals surface area contributed by atoms with E-state index in [1.807, 2.05) is 24.3 Å². The van der Waals surface area contributed by atoms with E-state index in [9.17, 15) is 9.59 Å². The predicted octanol–water partition coefficient (Wildman–Crippen LogP) is 0.426. The van der Waals surface area contributed by atoms with Gasteiger partial charge in [0.05, 0.1) is 0 Å². The van der Waals surface area contributed by atoms with Gasteiger partial charge in [-0.3, -0.25) is 10.1 Å². The van der Waals surface area contributed by atoms with Gasteiger partial charge in [-0.05, 0) is 24.6 Å². The van der Waals surface area contributed by atoms with Crippen LogP contribution in [-0.2, 0) is 11.3 Å². The van der Waals surface area contributed by atoms with E-state index in [4.69, 9.17) is 5.73 Å². The molecule has 6 nitrogen and oxygen atoms in total. The fourth-order valence-electron chi connectivity index (χ4n) is 1.55. The van der Waals surface area contributed by atoms with Crippen LogP contribution < -0.4 is 21.3 Å². The molecule has 0 saturated carbocycles. The first-order chi connectivity index (χ1) is 8.99. The highest BCUT2D eigenvalue weighted by Gasteiger charge is 2.19. The molecule has 6 heteroatoms. The predicted molar refractivity (Wildman–Crippen MR) is 74.8 cm³/mol. The summed E-state index contributed by atoms with van der Waals surface area (Å²) in [5.74, 6) is -0.357. The number of urea groups is 1. The van der Waals surface area contributed by atoms with Crippen molar-refractivity contribution in [1.29, 1.82) is 0 Å². The van der Waals surface area contributed by atoms with Gasteiger partial charge in [-0.25, -0.2) is 4.79 Å². The molecule has 1 aromatic carbocycles. The van der Waals surface area contributed by atoms with E-state index in [0.29, 0.717) is 6.54 Å². The van der Waals surface area contributed by atoms with Crippen molar-refractivity contribution in [3.05, 3.63) is 29.8 Å². The second kappa shape index (κ2) is 6.75. The van der Waals surface area contributed by atoms with Crippen molar-refractivity contribution in [1.82, 2.24) is 10.6 Å². The monoisotopic (exact) mass is 264 g/mol. The number of hydrogen-bond acceptors (Lipinski definition) is 4. The third-order valence-corrected chi connectivity index (χ3v) is 3.00. The van der Waals surface area contributed by atoms with Crippen LogP contribution in [-0.4, -0.2) is 32.1 Å². The van der Waals surface area contributed by atoms with Gasteiger partial charge < -0.3 is 16.0 Å². The molecule has 4 N–H and O–H groups in total. The van der Waals surface area contributed by atoms with Crippen LogP contribution in [0.5, 0.6) is 0 Å². The van der Waals surface area contributed by atoms with Crippen molar-refractivity contribution < 1.29 is 9.59 Å². The topological polar surface area (TPSA) is 87.5 Å². The minimum Gasteiger partial charge on any atom is -0.363 e. The first-order valence-electron chi connectivity index (χ1n) is 6.04. The van der Waals surface area contributed by atoms with E-state index in [1.165, 1.54) is 7.05 Å². The maximum atomic E-state index is 11.8. The smallest absolute Gasteiger partial charge is 0.321 e. The lowest BCUT2D eigenvalue weighted by molar-refractivity contribution is -0.120. The second-order valence-corrected chi connectivity index (χ2v) is 4.23.